The zero-order valence-corrected chi connectivity index (χ0v) is 22.2. The van der Waals surface area contributed by atoms with Gasteiger partial charge in [0.15, 0.2) is 5.82 Å². The van der Waals surface area contributed by atoms with Crippen LogP contribution in [0.2, 0.25) is 10.0 Å². The van der Waals surface area contributed by atoms with Gasteiger partial charge in [-0.2, -0.15) is 0 Å². The van der Waals surface area contributed by atoms with Crippen LogP contribution in [0.3, 0.4) is 0 Å². The van der Waals surface area contributed by atoms with E-state index in [0.29, 0.717) is 40.0 Å². The highest BCUT2D eigenvalue weighted by Crippen LogP contribution is 2.35. The zero-order valence-electron chi connectivity index (χ0n) is 20.7. The van der Waals surface area contributed by atoms with E-state index in [9.17, 15) is 9.18 Å². The molecule has 3 aromatic rings. The van der Waals surface area contributed by atoms with Gasteiger partial charge in [-0.15, -0.1) is 0 Å². The van der Waals surface area contributed by atoms with Crippen molar-refractivity contribution in [1.82, 2.24) is 25.1 Å². The van der Waals surface area contributed by atoms with E-state index >= 15 is 0 Å². The molecule has 1 saturated heterocycles. The number of hydrogen-bond donors (Lipinski definition) is 2. The van der Waals surface area contributed by atoms with Crippen LogP contribution in [0, 0.1) is 5.82 Å². The van der Waals surface area contributed by atoms with Gasteiger partial charge in [0.05, 0.1) is 23.1 Å². The molecule has 2 amide bonds. The topological polar surface area (TPSA) is 82.6 Å². The Hall–Kier alpha value is -2.98. The van der Waals surface area contributed by atoms with E-state index in [1.807, 2.05) is 6.07 Å². The third-order valence-electron chi connectivity index (χ3n) is 6.11. The minimum atomic E-state index is -0.590. The van der Waals surface area contributed by atoms with Crippen molar-refractivity contribution in [2.24, 2.45) is 0 Å². The number of halogens is 3. The fourth-order valence-corrected chi connectivity index (χ4v) is 4.68. The maximum Gasteiger partial charge on any atom is 0.319 e. The van der Waals surface area contributed by atoms with Gasteiger partial charge in [-0.05, 0) is 38.2 Å². The van der Waals surface area contributed by atoms with Crippen molar-refractivity contribution in [1.29, 1.82) is 0 Å². The van der Waals surface area contributed by atoms with Crippen molar-refractivity contribution < 1.29 is 13.9 Å². The predicted octanol–water partition coefficient (Wildman–Crippen LogP) is 5.10. The number of benzene rings is 2. The first-order valence-corrected chi connectivity index (χ1v) is 12.7. The normalized spacial score (nSPS) is 15.3. The highest BCUT2D eigenvalue weighted by molar-refractivity contribution is 6.36. The van der Waals surface area contributed by atoms with Crippen molar-refractivity contribution in [3.63, 3.8) is 0 Å². The molecule has 2 aromatic carbocycles. The van der Waals surface area contributed by atoms with Crippen LogP contribution in [0.15, 0.2) is 48.8 Å². The van der Waals surface area contributed by atoms with Crippen molar-refractivity contribution >= 4 is 34.9 Å². The summed E-state index contributed by atoms with van der Waals surface area (Å²) in [6.07, 6.45) is 2.50. The summed E-state index contributed by atoms with van der Waals surface area (Å²) in [7, 11) is 2.11. The molecule has 1 aromatic heterocycles. The Morgan fingerprint density at radius 3 is 2.59 bits per heavy atom. The highest BCUT2D eigenvalue weighted by atomic mass is 35.5. The van der Waals surface area contributed by atoms with Crippen molar-refractivity contribution in [2.45, 2.75) is 13.0 Å². The number of urea groups is 1. The Bertz CT molecular complexity index is 1220. The molecule has 4 rings (SSSR count). The number of nitrogens with one attached hydrogen (secondary N) is 2. The quantitative estimate of drug-likeness (QED) is 0.382. The SMILES string of the molecule is CC(Oc1cccc(-c2ncc(NC(=O)NCCN3CCN(C)CC3)cn2)c1)c1c(Cl)ccc(F)c1Cl. The summed E-state index contributed by atoms with van der Waals surface area (Å²) in [4.78, 5) is 25.6. The number of carbonyl (C=O) groups excluding carboxylic acids is 1. The molecule has 0 spiro atoms. The van der Waals surface area contributed by atoms with Gasteiger partial charge in [0.1, 0.15) is 17.7 Å². The molecule has 1 aliphatic heterocycles. The Kier molecular flexibility index (Phi) is 9.15. The second kappa shape index (κ2) is 12.5. The molecule has 0 aliphatic carbocycles. The molecule has 2 heterocycles. The molecule has 0 bridgehead atoms. The van der Waals surface area contributed by atoms with Crippen molar-refractivity contribution in [3.05, 3.63) is 70.2 Å². The maximum absolute atomic E-state index is 13.9. The van der Waals surface area contributed by atoms with Gasteiger partial charge in [-0.1, -0.05) is 35.3 Å². The van der Waals surface area contributed by atoms with Crippen LogP contribution in [0.5, 0.6) is 5.75 Å². The van der Waals surface area contributed by atoms with E-state index in [0.717, 1.165) is 32.7 Å². The molecule has 2 N–H and O–H groups in total. The largest absolute Gasteiger partial charge is 0.486 e. The number of hydrogen-bond acceptors (Lipinski definition) is 6. The lowest BCUT2D eigenvalue weighted by atomic mass is 10.1. The minimum Gasteiger partial charge on any atom is -0.486 e. The molecular weight excluding hydrogens is 518 g/mol. The average molecular weight is 547 g/mol. The first kappa shape index (κ1) is 27.1. The molecular formula is C26H29Cl2FN6O2. The zero-order chi connectivity index (χ0) is 26.4. The van der Waals surface area contributed by atoms with Gasteiger partial charge < -0.3 is 20.3 Å². The number of nitrogens with zero attached hydrogens (tertiary/aromatic N) is 4. The van der Waals surface area contributed by atoms with Crippen LogP contribution in [0.25, 0.3) is 11.4 Å². The summed E-state index contributed by atoms with van der Waals surface area (Å²) in [5.41, 5.74) is 1.57. The molecule has 1 unspecified atom stereocenters. The lowest BCUT2D eigenvalue weighted by Gasteiger charge is -2.32. The lowest BCUT2D eigenvalue weighted by Crippen LogP contribution is -2.47. The highest BCUT2D eigenvalue weighted by Gasteiger charge is 2.19. The second-order valence-corrected chi connectivity index (χ2v) is 9.65. The molecule has 196 valence electrons. The van der Waals surface area contributed by atoms with Crippen LogP contribution in [-0.2, 0) is 0 Å². The Labute approximate surface area is 225 Å². The van der Waals surface area contributed by atoms with E-state index < -0.39 is 11.9 Å². The monoisotopic (exact) mass is 546 g/mol. The third kappa shape index (κ3) is 7.29. The van der Waals surface area contributed by atoms with Crippen LogP contribution in [0.4, 0.5) is 14.9 Å². The van der Waals surface area contributed by atoms with E-state index in [2.05, 4.69) is 37.4 Å². The Morgan fingerprint density at radius 1 is 1.14 bits per heavy atom. The second-order valence-electron chi connectivity index (χ2n) is 8.87. The molecule has 1 aliphatic rings. The maximum atomic E-state index is 13.9. The van der Waals surface area contributed by atoms with Crippen LogP contribution in [-0.4, -0.2) is 72.1 Å². The van der Waals surface area contributed by atoms with Gasteiger partial charge in [0, 0.05) is 55.4 Å². The molecule has 11 heteroatoms. The van der Waals surface area contributed by atoms with Gasteiger partial charge >= 0.3 is 6.03 Å². The Morgan fingerprint density at radius 2 is 1.86 bits per heavy atom. The molecule has 37 heavy (non-hydrogen) atoms. The molecule has 1 atom stereocenters. The van der Waals surface area contributed by atoms with Crippen LogP contribution < -0.4 is 15.4 Å². The smallest absolute Gasteiger partial charge is 0.319 e. The Balaban J connectivity index is 1.32. The molecule has 0 saturated carbocycles. The number of piperazine rings is 1. The first-order valence-electron chi connectivity index (χ1n) is 12.0. The number of likely N-dealkylation sites (N-methyl/N-ethyl adjacent to an activating group) is 1. The first-order chi connectivity index (χ1) is 17.8. The minimum absolute atomic E-state index is 0.0639. The number of amides is 2. The van der Waals surface area contributed by atoms with Crippen LogP contribution >= 0.6 is 23.2 Å². The lowest BCUT2D eigenvalue weighted by molar-refractivity contribution is 0.155. The summed E-state index contributed by atoms with van der Waals surface area (Å²) >= 11 is 12.3. The molecule has 0 radical (unpaired) electrons. The van der Waals surface area contributed by atoms with Crippen LogP contribution in [0.1, 0.15) is 18.6 Å². The summed E-state index contributed by atoms with van der Waals surface area (Å²) in [6, 6.07) is 9.54. The van der Waals surface area contributed by atoms with E-state index in [4.69, 9.17) is 27.9 Å². The fourth-order valence-electron chi connectivity index (χ4n) is 4.00. The standard InChI is InChI=1S/C26H29Cl2FN6O2/c1-17(23-21(27)6-7-22(29)24(23)28)37-20-5-3-4-18(14-20)25-31-15-19(16-32-25)33-26(36)30-8-9-35-12-10-34(2)11-13-35/h3-7,14-17H,8-13H2,1-2H3,(H2,30,33,36). The average Bonchev–Trinajstić information content (AvgIpc) is 2.88. The summed E-state index contributed by atoms with van der Waals surface area (Å²) in [5, 5.41) is 5.88. The molecule has 8 nitrogen and oxygen atoms in total. The predicted molar refractivity (Wildman–Crippen MR) is 144 cm³/mol. The number of anilines is 1. The number of ether oxygens (including phenoxy) is 1. The van der Waals surface area contributed by atoms with E-state index in [-0.39, 0.29) is 11.1 Å². The number of carbonyl (C=O) groups is 1. The van der Waals surface area contributed by atoms with Crippen molar-refractivity contribution in [2.75, 3.05) is 51.6 Å². The third-order valence-corrected chi connectivity index (χ3v) is 6.82. The van der Waals surface area contributed by atoms with E-state index in [1.165, 1.54) is 12.1 Å². The molecule has 1 fully saturated rings. The number of aromatic nitrogens is 2. The van der Waals surface area contributed by atoms with Gasteiger partial charge in [0.25, 0.3) is 0 Å². The van der Waals surface area contributed by atoms with E-state index in [1.54, 1.807) is 37.5 Å². The van der Waals surface area contributed by atoms with Gasteiger partial charge in [-0.25, -0.2) is 19.2 Å². The van der Waals surface area contributed by atoms with Gasteiger partial charge in [0.2, 0.25) is 0 Å². The number of rotatable bonds is 8. The summed E-state index contributed by atoms with van der Waals surface area (Å²) in [5.74, 6) is 0.420. The van der Waals surface area contributed by atoms with Crippen molar-refractivity contribution in [3.8, 4) is 17.1 Å². The van der Waals surface area contributed by atoms with Gasteiger partial charge in [-0.3, -0.25) is 4.90 Å². The summed E-state index contributed by atoms with van der Waals surface area (Å²) in [6.45, 7) is 7.21. The fraction of sp³-hybridized carbons (Fsp3) is 0.346. The summed E-state index contributed by atoms with van der Waals surface area (Å²) < 4.78 is 19.9.